The fourth-order valence-corrected chi connectivity index (χ4v) is 6.96. The van der Waals surface area contributed by atoms with Gasteiger partial charge in [-0.15, -0.1) is 0 Å². The van der Waals surface area contributed by atoms with Crippen molar-refractivity contribution in [1.29, 1.82) is 0 Å². The lowest BCUT2D eigenvalue weighted by Gasteiger charge is -2.35. The maximum atomic E-state index is 15.1. The van der Waals surface area contributed by atoms with Crippen molar-refractivity contribution >= 4 is 22.8 Å². The molecule has 9 nitrogen and oxygen atoms in total. The number of methoxy groups -OCH3 is 1. The topological polar surface area (TPSA) is 112 Å². The molecule has 2 atom stereocenters. The van der Waals surface area contributed by atoms with Crippen LogP contribution in [0.15, 0.2) is 41.5 Å². The normalized spacial score (nSPS) is 19.3. The first kappa shape index (κ1) is 29.6. The molecule has 0 saturated carbocycles. The Balaban J connectivity index is 0.00000168. The molecule has 0 spiro atoms. The number of halogens is 1. The van der Waals surface area contributed by atoms with Crippen LogP contribution in [0.25, 0.3) is 22.3 Å². The zero-order valence-corrected chi connectivity index (χ0v) is 25.5. The lowest BCUT2D eigenvalue weighted by atomic mass is 9.81. The molecule has 0 bridgehead atoms. The van der Waals surface area contributed by atoms with Gasteiger partial charge >= 0.3 is 5.97 Å². The van der Waals surface area contributed by atoms with E-state index < -0.39 is 11.6 Å². The molecule has 0 radical (unpaired) electrons. The summed E-state index contributed by atoms with van der Waals surface area (Å²) < 4.78 is 27.9. The molecule has 228 valence electrons. The number of nitrogens with zero attached hydrogens (tertiary/aromatic N) is 3. The predicted molar refractivity (Wildman–Crippen MR) is 163 cm³/mol. The first-order chi connectivity index (χ1) is 21.3. The van der Waals surface area contributed by atoms with Crippen molar-refractivity contribution in [2.75, 3.05) is 7.11 Å². The van der Waals surface area contributed by atoms with Gasteiger partial charge < -0.3 is 19.4 Å². The molecular weight excluding hydrogens is 563 g/mol. The summed E-state index contributed by atoms with van der Waals surface area (Å²) >= 11 is 0. The molecule has 0 fully saturated rings. The number of fused-ring (bicyclic) bond motifs is 5. The highest BCUT2D eigenvalue weighted by molar-refractivity contribution is 5.94. The van der Waals surface area contributed by atoms with E-state index in [1.54, 1.807) is 49.0 Å². The second kappa shape index (κ2) is 11.2. The number of hydrogen-bond acceptors (Lipinski definition) is 7. The second-order valence-corrected chi connectivity index (χ2v) is 11.2. The fraction of sp³-hybridized carbons (Fsp3) is 0.382. The molecule has 5 heterocycles. The number of hydrogen-bond donors (Lipinski definition) is 1. The van der Waals surface area contributed by atoms with Crippen molar-refractivity contribution < 1.29 is 23.5 Å². The summed E-state index contributed by atoms with van der Waals surface area (Å²) in [6.45, 7) is 7.67. The van der Waals surface area contributed by atoms with E-state index in [1.807, 2.05) is 13.8 Å². The van der Waals surface area contributed by atoms with Crippen molar-refractivity contribution in [1.82, 2.24) is 19.9 Å². The summed E-state index contributed by atoms with van der Waals surface area (Å²) in [5.41, 5.74) is 4.68. The van der Waals surface area contributed by atoms with Crippen molar-refractivity contribution in [3.05, 3.63) is 91.8 Å². The third kappa shape index (κ3) is 4.34. The minimum atomic E-state index is -1.41. The zero-order chi connectivity index (χ0) is 31.3. The molecule has 1 amide bonds. The van der Waals surface area contributed by atoms with Crippen molar-refractivity contribution in [2.45, 2.75) is 78.2 Å². The highest BCUT2D eigenvalue weighted by Crippen LogP contribution is 2.46. The number of nitrogens with one attached hydrogen (secondary N) is 1. The SMILES string of the molecule is CC.CCC1(OC)C(=O)OCc2c1cc1n(c2=O)Cc2c-1nc1cc(F)c(C)c3c1c2C(NC(=O)Cc1ccncc1)CC3. The van der Waals surface area contributed by atoms with Crippen LogP contribution in [-0.4, -0.2) is 33.5 Å². The second-order valence-electron chi connectivity index (χ2n) is 11.2. The number of pyridine rings is 3. The van der Waals surface area contributed by atoms with E-state index in [4.69, 9.17) is 14.5 Å². The molecule has 7 rings (SSSR count). The first-order valence-electron chi connectivity index (χ1n) is 15.1. The molecule has 0 saturated heterocycles. The summed E-state index contributed by atoms with van der Waals surface area (Å²) in [6.07, 6.45) is 4.95. The highest BCUT2D eigenvalue weighted by atomic mass is 19.1. The van der Waals surface area contributed by atoms with Crippen LogP contribution in [-0.2, 0) is 50.7 Å². The molecule has 3 aliphatic rings. The number of esters is 1. The van der Waals surface area contributed by atoms with Crippen LogP contribution in [0.2, 0.25) is 0 Å². The predicted octanol–water partition coefficient (Wildman–Crippen LogP) is 4.95. The van der Waals surface area contributed by atoms with Crippen LogP contribution in [0.3, 0.4) is 0 Å². The maximum Gasteiger partial charge on any atom is 0.343 e. The van der Waals surface area contributed by atoms with Crippen LogP contribution >= 0.6 is 0 Å². The van der Waals surface area contributed by atoms with Crippen molar-refractivity contribution in [2.24, 2.45) is 0 Å². The monoisotopic (exact) mass is 598 g/mol. The van der Waals surface area contributed by atoms with E-state index in [0.29, 0.717) is 46.4 Å². The van der Waals surface area contributed by atoms with Crippen molar-refractivity contribution in [3.8, 4) is 11.4 Å². The Hall–Kier alpha value is -4.44. The minimum Gasteiger partial charge on any atom is -0.458 e. The molecule has 44 heavy (non-hydrogen) atoms. The summed E-state index contributed by atoms with van der Waals surface area (Å²) in [7, 11) is 1.43. The van der Waals surface area contributed by atoms with E-state index in [9.17, 15) is 14.4 Å². The van der Waals surface area contributed by atoms with Gasteiger partial charge in [0.2, 0.25) is 5.91 Å². The van der Waals surface area contributed by atoms with Gasteiger partial charge in [-0.1, -0.05) is 20.8 Å². The highest BCUT2D eigenvalue weighted by Gasteiger charge is 2.47. The lowest BCUT2D eigenvalue weighted by Crippen LogP contribution is -2.45. The smallest absolute Gasteiger partial charge is 0.343 e. The van der Waals surface area contributed by atoms with E-state index in [1.165, 1.54) is 13.2 Å². The Bertz CT molecular complexity index is 1880. The molecule has 3 aromatic heterocycles. The summed E-state index contributed by atoms with van der Waals surface area (Å²) in [6, 6.07) is 6.49. The van der Waals surface area contributed by atoms with Gasteiger partial charge in [-0.05, 0) is 66.6 Å². The molecular formula is C34H35FN4O5. The fourth-order valence-electron chi connectivity index (χ4n) is 6.96. The van der Waals surface area contributed by atoms with E-state index >= 15 is 4.39 Å². The quantitative estimate of drug-likeness (QED) is 0.285. The summed E-state index contributed by atoms with van der Waals surface area (Å²) in [5.74, 6) is -1.02. The average molecular weight is 599 g/mol. The number of rotatable bonds is 5. The Kier molecular flexibility index (Phi) is 7.57. The molecule has 10 heteroatoms. The number of cyclic esters (lactones) is 1. The standard InChI is InChI=1S/C32H29FN4O5.C2H6/c1-4-32(41-3)21-12-25-29-19(14-37(25)30(39)20(21)15-42-31(32)40)28-23(35-26(38)11-17-7-9-34-10-8-17)6-5-18-16(2)22(33)13-24(36-29)27(18)28;1-2/h7-10,12-13,23H,4-6,11,14-15H2,1-3H3,(H,35,38);1-2H3. The molecule has 2 unspecified atom stereocenters. The number of ether oxygens (including phenoxy) is 2. The van der Waals surface area contributed by atoms with Gasteiger partial charge in [0.15, 0.2) is 5.60 Å². The Labute approximate surface area is 254 Å². The third-order valence-corrected chi connectivity index (χ3v) is 9.14. The number of aryl methyl sites for hydroxylation is 1. The van der Waals surface area contributed by atoms with Crippen LogP contribution in [0.5, 0.6) is 0 Å². The van der Waals surface area contributed by atoms with Gasteiger partial charge in [0, 0.05) is 42.1 Å². The van der Waals surface area contributed by atoms with Gasteiger partial charge in [0.1, 0.15) is 12.4 Å². The lowest BCUT2D eigenvalue weighted by molar-refractivity contribution is -0.176. The third-order valence-electron chi connectivity index (χ3n) is 9.14. The number of amides is 1. The molecule has 4 aromatic rings. The Morgan fingerprint density at radius 2 is 1.93 bits per heavy atom. The van der Waals surface area contributed by atoms with Crippen LogP contribution in [0.4, 0.5) is 4.39 Å². The van der Waals surface area contributed by atoms with Gasteiger partial charge in [0.05, 0.1) is 41.5 Å². The number of benzene rings is 1. The van der Waals surface area contributed by atoms with Gasteiger partial charge in [-0.3, -0.25) is 14.6 Å². The molecule has 1 N–H and O–H groups in total. The molecule has 1 aromatic carbocycles. The molecule has 2 aliphatic heterocycles. The summed E-state index contributed by atoms with van der Waals surface area (Å²) in [4.78, 5) is 49.0. The van der Waals surface area contributed by atoms with E-state index in [2.05, 4.69) is 10.3 Å². The summed E-state index contributed by atoms with van der Waals surface area (Å²) in [5, 5.41) is 4.04. The van der Waals surface area contributed by atoms with E-state index in [-0.39, 0.29) is 49.3 Å². The minimum absolute atomic E-state index is 0.140. The Morgan fingerprint density at radius 3 is 2.64 bits per heavy atom. The maximum absolute atomic E-state index is 15.1. The van der Waals surface area contributed by atoms with Crippen molar-refractivity contribution in [3.63, 3.8) is 0 Å². The number of carbonyl (C=O) groups is 2. The van der Waals surface area contributed by atoms with Gasteiger partial charge in [-0.25, -0.2) is 14.2 Å². The van der Waals surface area contributed by atoms with Gasteiger partial charge in [-0.2, -0.15) is 0 Å². The van der Waals surface area contributed by atoms with Crippen LogP contribution in [0, 0.1) is 12.7 Å². The van der Waals surface area contributed by atoms with Crippen LogP contribution in [0.1, 0.15) is 78.6 Å². The Morgan fingerprint density at radius 1 is 1.18 bits per heavy atom. The number of carbonyl (C=O) groups excluding carboxylic acids is 2. The first-order valence-corrected chi connectivity index (χ1v) is 15.1. The van der Waals surface area contributed by atoms with E-state index in [0.717, 1.165) is 27.6 Å². The number of aromatic nitrogens is 3. The van der Waals surface area contributed by atoms with Gasteiger partial charge in [0.25, 0.3) is 5.56 Å². The zero-order valence-electron chi connectivity index (χ0n) is 25.5. The average Bonchev–Trinajstić information content (AvgIpc) is 3.40. The largest absolute Gasteiger partial charge is 0.458 e. The molecule has 1 aliphatic carbocycles. The van der Waals surface area contributed by atoms with Crippen LogP contribution < -0.4 is 10.9 Å².